The molecule has 3 rings (SSSR count). The third kappa shape index (κ3) is 3.37. The molecule has 2 aromatic carbocycles. The summed E-state index contributed by atoms with van der Waals surface area (Å²) in [6, 6.07) is 15.8. The van der Waals surface area contributed by atoms with Gasteiger partial charge in [-0.25, -0.2) is 0 Å². The highest BCUT2D eigenvalue weighted by atomic mass is 32.1. The molecule has 0 fully saturated rings. The van der Waals surface area contributed by atoms with Crippen molar-refractivity contribution in [3.8, 4) is 0 Å². The van der Waals surface area contributed by atoms with Crippen molar-refractivity contribution in [3.63, 3.8) is 0 Å². The van der Waals surface area contributed by atoms with E-state index in [9.17, 15) is 4.79 Å². The lowest BCUT2D eigenvalue weighted by Crippen LogP contribution is -2.26. The van der Waals surface area contributed by atoms with Crippen molar-refractivity contribution < 1.29 is 4.79 Å². The quantitative estimate of drug-likeness (QED) is 0.736. The van der Waals surface area contributed by atoms with Crippen LogP contribution in [0.2, 0.25) is 0 Å². The molecule has 0 bridgehead atoms. The Morgan fingerprint density at radius 2 is 1.91 bits per heavy atom. The molecule has 1 aromatic heterocycles. The fraction of sp³-hybridized carbons (Fsp3) is 0.158. The zero-order valence-electron chi connectivity index (χ0n) is 13.2. The molecule has 3 aromatic rings. The van der Waals surface area contributed by atoms with Gasteiger partial charge in [-0.1, -0.05) is 30.3 Å². The number of fused-ring (bicyclic) bond motifs is 1. The monoisotopic (exact) mass is 322 g/mol. The van der Waals surface area contributed by atoms with Crippen molar-refractivity contribution in [1.29, 1.82) is 0 Å². The summed E-state index contributed by atoms with van der Waals surface area (Å²) >= 11 is 4.45. The van der Waals surface area contributed by atoms with Crippen LogP contribution in [0.1, 0.15) is 21.5 Å². The fourth-order valence-corrected chi connectivity index (χ4v) is 3.03. The van der Waals surface area contributed by atoms with E-state index in [-0.39, 0.29) is 5.91 Å². The normalized spacial score (nSPS) is 10.7. The van der Waals surface area contributed by atoms with Crippen molar-refractivity contribution in [2.24, 2.45) is 0 Å². The Labute approximate surface area is 141 Å². The van der Waals surface area contributed by atoms with Crippen LogP contribution in [0.3, 0.4) is 0 Å². The summed E-state index contributed by atoms with van der Waals surface area (Å²) in [5.41, 5.74) is 3.62. The smallest absolute Gasteiger partial charge is 0.255 e. The summed E-state index contributed by atoms with van der Waals surface area (Å²) in [5.74, 6) is -0.0366. The predicted octanol–water partition coefficient (Wildman–Crippen LogP) is 4.10. The number of benzene rings is 2. The molecule has 0 saturated carbocycles. The highest BCUT2D eigenvalue weighted by Crippen LogP contribution is 2.23. The third-order valence-corrected chi connectivity index (χ3v) is 4.10. The molecule has 0 aliphatic carbocycles. The molecular formula is C19H18N2OS. The molecule has 116 valence electrons. The number of pyridine rings is 1. The van der Waals surface area contributed by atoms with E-state index in [2.05, 4.69) is 17.6 Å². The van der Waals surface area contributed by atoms with Crippen LogP contribution in [0.25, 0.3) is 10.9 Å². The van der Waals surface area contributed by atoms with Gasteiger partial charge in [0.15, 0.2) is 0 Å². The molecule has 0 saturated heterocycles. The number of thiol groups is 1. The van der Waals surface area contributed by atoms with Gasteiger partial charge in [-0.05, 0) is 36.2 Å². The van der Waals surface area contributed by atoms with Crippen molar-refractivity contribution in [2.45, 2.75) is 18.4 Å². The van der Waals surface area contributed by atoms with Gasteiger partial charge in [-0.3, -0.25) is 9.78 Å². The van der Waals surface area contributed by atoms with E-state index in [0.717, 1.165) is 26.9 Å². The van der Waals surface area contributed by atoms with Crippen molar-refractivity contribution in [2.75, 3.05) is 7.05 Å². The summed E-state index contributed by atoms with van der Waals surface area (Å²) in [6.07, 6.45) is 1.63. The van der Waals surface area contributed by atoms with Gasteiger partial charge >= 0.3 is 0 Å². The number of nitrogens with zero attached hydrogens (tertiary/aromatic N) is 2. The number of rotatable bonds is 3. The summed E-state index contributed by atoms with van der Waals surface area (Å²) in [6.45, 7) is 2.58. The lowest BCUT2D eigenvalue weighted by atomic mass is 10.1. The van der Waals surface area contributed by atoms with Crippen LogP contribution in [0.5, 0.6) is 0 Å². The Hall–Kier alpha value is -2.33. The first kappa shape index (κ1) is 15.6. The van der Waals surface area contributed by atoms with Gasteiger partial charge in [0.2, 0.25) is 0 Å². The first-order valence-electron chi connectivity index (χ1n) is 7.43. The van der Waals surface area contributed by atoms with E-state index in [0.29, 0.717) is 12.1 Å². The fourth-order valence-electron chi connectivity index (χ4n) is 2.64. The minimum Gasteiger partial charge on any atom is -0.337 e. The summed E-state index contributed by atoms with van der Waals surface area (Å²) in [4.78, 5) is 19.6. The number of carbonyl (C=O) groups excluding carboxylic acids is 1. The minimum absolute atomic E-state index is 0.0366. The van der Waals surface area contributed by atoms with Crippen molar-refractivity contribution in [1.82, 2.24) is 9.88 Å². The van der Waals surface area contributed by atoms with E-state index in [1.165, 1.54) is 0 Å². The summed E-state index contributed by atoms with van der Waals surface area (Å²) in [5, 5.41) is 0.939. The van der Waals surface area contributed by atoms with Crippen LogP contribution >= 0.6 is 12.6 Å². The van der Waals surface area contributed by atoms with Crippen molar-refractivity contribution >= 4 is 29.4 Å². The second-order valence-electron chi connectivity index (χ2n) is 5.73. The maximum absolute atomic E-state index is 12.6. The van der Waals surface area contributed by atoms with Gasteiger partial charge in [0.25, 0.3) is 5.91 Å². The van der Waals surface area contributed by atoms with E-state index < -0.39 is 0 Å². The number of hydrogen-bond acceptors (Lipinski definition) is 3. The number of hydrogen-bond donors (Lipinski definition) is 1. The first-order chi connectivity index (χ1) is 11.0. The van der Waals surface area contributed by atoms with Gasteiger partial charge in [0.05, 0.1) is 11.1 Å². The number of amides is 1. The maximum Gasteiger partial charge on any atom is 0.255 e. The molecule has 1 heterocycles. The van der Waals surface area contributed by atoms with Gasteiger partial charge in [0.1, 0.15) is 0 Å². The predicted molar refractivity (Wildman–Crippen MR) is 96.0 cm³/mol. The topological polar surface area (TPSA) is 33.2 Å². The van der Waals surface area contributed by atoms with Gasteiger partial charge in [-0.2, -0.15) is 0 Å². The van der Waals surface area contributed by atoms with Crippen LogP contribution in [-0.4, -0.2) is 22.8 Å². The first-order valence-corrected chi connectivity index (χ1v) is 7.88. The second-order valence-corrected chi connectivity index (χ2v) is 6.21. The Kier molecular flexibility index (Phi) is 4.35. The highest BCUT2D eigenvalue weighted by Gasteiger charge is 2.14. The Morgan fingerprint density at radius 1 is 1.17 bits per heavy atom. The molecule has 0 aliphatic rings. The lowest BCUT2D eigenvalue weighted by Gasteiger charge is -2.17. The Balaban J connectivity index is 1.88. The molecule has 4 heteroatoms. The zero-order valence-corrected chi connectivity index (χ0v) is 14.0. The molecule has 23 heavy (non-hydrogen) atoms. The SMILES string of the molecule is Cc1cc(S)c2ncc(C(=O)N(C)Cc3ccccc3)cc2c1. The van der Waals surface area contributed by atoms with E-state index >= 15 is 0 Å². The average molecular weight is 322 g/mol. The average Bonchev–Trinajstić information content (AvgIpc) is 2.54. The summed E-state index contributed by atoms with van der Waals surface area (Å²) < 4.78 is 0. The number of aromatic nitrogens is 1. The van der Waals surface area contributed by atoms with E-state index in [4.69, 9.17) is 0 Å². The van der Waals surface area contributed by atoms with Crippen LogP contribution < -0.4 is 0 Å². The Bertz CT molecular complexity index is 862. The van der Waals surface area contributed by atoms with Gasteiger partial charge in [-0.15, -0.1) is 12.6 Å². The molecule has 0 spiro atoms. The molecule has 0 unspecified atom stereocenters. The van der Waals surface area contributed by atoms with Crippen LogP contribution in [0.15, 0.2) is 59.6 Å². The Morgan fingerprint density at radius 3 is 2.65 bits per heavy atom. The number of carbonyl (C=O) groups is 1. The zero-order chi connectivity index (χ0) is 16.4. The van der Waals surface area contributed by atoms with Gasteiger partial charge in [0, 0.05) is 30.1 Å². The molecule has 0 aliphatic heterocycles. The molecule has 0 radical (unpaired) electrons. The van der Waals surface area contributed by atoms with Crippen LogP contribution in [0.4, 0.5) is 0 Å². The third-order valence-electron chi connectivity index (χ3n) is 3.76. The number of aryl methyl sites for hydroxylation is 1. The molecule has 1 amide bonds. The van der Waals surface area contributed by atoms with E-state index in [1.807, 2.05) is 55.5 Å². The van der Waals surface area contributed by atoms with Crippen molar-refractivity contribution in [3.05, 3.63) is 71.4 Å². The largest absolute Gasteiger partial charge is 0.337 e. The van der Waals surface area contributed by atoms with E-state index in [1.54, 1.807) is 18.1 Å². The van der Waals surface area contributed by atoms with Crippen LogP contribution in [-0.2, 0) is 6.54 Å². The maximum atomic E-state index is 12.6. The van der Waals surface area contributed by atoms with Crippen LogP contribution in [0, 0.1) is 6.92 Å². The molecule has 0 atom stereocenters. The molecule has 3 nitrogen and oxygen atoms in total. The highest BCUT2D eigenvalue weighted by molar-refractivity contribution is 7.80. The standard InChI is InChI=1S/C19H18N2OS/c1-13-8-15-10-16(11-20-18(15)17(23)9-13)19(22)21(2)12-14-6-4-3-5-7-14/h3-11,23H,12H2,1-2H3. The van der Waals surface area contributed by atoms with Gasteiger partial charge < -0.3 is 4.90 Å². The minimum atomic E-state index is -0.0366. The summed E-state index contributed by atoms with van der Waals surface area (Å²) in [7, 11) is 1.81. The molecule has 0 N–H and O–H groups in total. The lowest BCUT2D eigenvalue weighted by molar-refractivity contribution is 0.0785. The second kappa shape index (κ2) is 6.42. The molecular weight excluding hydrogens is 304 g/mol.